The minimum atomic E-state index is -0.214. The van der Waals surface area contributed by atoms with Crippen LogP contribution in [0.25, 0.3) is 0 Å². The fraction of sp³-hybridized carbons (Fsp3) is 0.0526. The molecule has 114 valence electrons. The van der Waals surface area contributed by atoms with Gasteiger partial charge in [-0.25, -0.2) is 0 Å². The first-order chi connectivity index (χ1) is 11.2. The molecule has 0 heterocycles. The molecule has 0 saturated heterocycles. The van der Waals surface area contributed by atoms with E-state index in [1.54, 1.807) is 30.3 Å². The summed E-state index contributed by atoms with van der Waals surface area (Å²) in [5, 5.41) is 5.68. The topological polar surface area (TPSA) is 58.2 Å². The van der Waals surface area contributed by atoms with E-state index in [1.807, 2.05) is 42.5 Å². The van der Waals surface area contributed by atoms with Crippen molar-refractivity contribution in [3.8, 4) is 0 Å². The lowest BCUT2D eigenvalue weighted by Gasteiger charge is -2.12. The van der Waals surface area contributed by atoms with Crippen LogP contribution in [-0.2, 0) is 4.79 Å². The predicted molar refractivity (Wildman–Crippen MR) is 91.3 cm³/mol. The van der Waals surface area contributed by atoms with Gasteiger partial charge < -0.3 is 10.6 Å². The van der Waals surface area contributed by atoms with Gasteiger partial charge in [-0.2, -0.15) is 0 Å². The van der Waals surface area contributed by atoms with Gasteiger partial charge in [0.05, 0.1) is 11.4 Å². The second-order valence-electron chi connectivity index (χ2n) is 5.14. The highest BCUT2D eigenvalue weighted by molar-refractivity contribution is 6.10. The van der Waals surface area contributed by atoms with Gasteiger partial charge in [-0.05, 0) is 30.7 Å². The lowest BCUT2D eigenvalue weighted by atomic mass is 10.2. The number of allylic oxidation sites excluding steroid dienone is 3. The number of amides is 2. The molecule has 2 amide bonds. The van der Waals surface area contributed by atoms with Gasteiger partial charge in [-0.15, -0.1) is 0 Å². The SMILES string of the molecule is O=C(Nc1ccccc1NC(=O)c1ccccc1)C1=CC=CC1. The van der Waals surface area contributed by atoms with E-state index in [0.717, 1.165) is 0 Å². The Bertz CT molecular complexity index is 792. The summed E-state index contributed by atoms with van der Waals surface area (Å²) >= 11 is 0. The minimum Gasteiger partial charge on any atom is -0.320 e. The lowest BCUT2D eigenvalue weighted by Crippen LogP contribution is -2.17. The number of anilines is 2. The van der Waals surface area contributed by atoms with Crippen molar-refractivity contribution < 1.29 is 9.59 Å². The van der Waals surface area contributed by atoms with E-state index in [1.165, 1.54) is 0 Å². The van der Waals surface area contributed by atoms with Crippen LogP contribution in [0.3, 0.4) is 0 Å². The Kier molecular flexibility index (Phi) is 4.34. The van der Waals surface area contributed by atoms with Gasteiger partial charge in [-0.1, -0.05) is 48.6 Å². The highest BCUT2D eigenvalue weighted by Crippen LogP contribution is 2.23. The standard InChI is InChI=1S/C19H16N2O2/c22-18(14-8-2-1-3-9-14)20-16-12-6-7-13-17(16)21-19(23)15-10-4-5-11-15/h1-10,12-13H,11H2,(H,20,22)(H,21,23). The molecule has 4 nitrogen and oxygen atoms in total. The highest BCUT2D eigenvalue weighted by Gasteiger charge is 2.13. The van der Waals surface area contributed by atoms with Gasteiger partial charge in [0.1, 0.15) is 0 Å². The molecule has 0 saturated carbocycles. The lowest BCUT2D eigenvalue weighted by molar-refractivity contribution is -0.112. The molecule has 0 unspecified atom stereocenters. The molecule has 0 bridgehead atoms. The number of carbonyl (C=O) groups is 2. The van der Waals surface area contributed by atoms with Gasteiger partial charge in [-0.3, -0.25) is 9.59 Å². The Labute approximate surface area is 134 Å². The molecule has 1 aliphatic carbocycles. The monoisotopic (exact) mass is 304 g/mol. The average molecular weight is 304 g/mol. The molecule has 0 fully saturated rings. The molecule has 3 rings (SSSR count). The summed E-state index contributed by atoms with van der Waals surface area (Å²) < 4.78 is 0. The van der Waals surface area contributed by atoms with Crippen LogP contribution in [0, 0.1) is 0 Å². The summed E-state index contributed by atoms with van der Waals surface area (Å²) in [6.45, 7) is 0. The molecular weight excluding hydrogens is 288 g/mol. The van der Waals surface area contributed by atoms with Crippen molar-refractivity contribution in [3.63, 3.8) is 0 Å². The van der Waals surface area contributed by atoms with E-state index in [0.29, 0.717) is 28.9 Å². The van der Waals surface area contributed by atoms with Crippen LogP contribution in [0.4, 0.5) is 11.4 Å². The van der Waals surface area contributed by atoms with Crippen molar-refractivity contribution in [2.24, 2.45) is 0 Å². The fourth-order valence-electron chi connectivity index (χ4n) is 2.30. The zero-order valence-electron chi connectivity index (χ0n) is 12.5. The molecule has 1 aliphatic rings. The van der Waals surface area contributed by atoms with Crippen LogP contribution in [0.5, 0.6) is 0 Å². The second kappa shape index (κ2) is 6.75. The summed E-state index contributed by atoms with van der Waals surface area (Å²) in [5.41, 5.74) is 2.42. The van der Waals surface area contributed by atoms with Gasteiger partial charge in [0.15, 0.2) is 0 Å². The third-order valence-electron chi connectivity index (χ3n) is 3.52. The van der Waals surface area contributed by atoms with Crippen molar-refractivity contribution >= 4 is 23.2 Å². The number of para-hydroxylation sites is 2. The van der Waals surface area contributed by atoms with Crippen molar-refractivity contribution in [3.05, 3.63) is 84.0 Å². The minimum absolute atomic E-state index is 0.156. The van der Waals surface area contributed by atoms with Crippen molar-refractivity contribution in [2.45, 2.75) is 6.42 Å². The zero-order valence-corrected chi connectivity index (χ0v) is 12.5. The van der Waals surface area contributed by atoms with Gasteiger partial charge in [0.25, 0.3) is 11.8 Å². The number of carbonyl (C=O) groups excluding carboxylic acids is 2. The predicted octanol–water partition coefficient (Wildman–Crippen LogP) is 3.76. The fourth-order valence-corrected chi connectivity index (χ4v) is 2.30. The van der Waals surface area contributed by atoms with E-state index in [4.69, 9.17) is 0 Å². The summed E-state index contributed by atoms with van der Waals surface area (Å²) in [6, 6.07) is 16.1. The molecule has 4 heteroatoms. The van der Waals surface area contributed by atoms with Crippen LogP contribution < -0.4 is 10.6 Å². The van der Waals surface area contributed by atoms with Crippen LogP contribution in [0.1, 0.15) is 16.8 Å². The number of rotatable bonds is 4. The van der Waals surface area contributed by atoms with Crippen molar-refractivity contribution in [1.82, 2.24) is 0 Å². The molecule has 2 aromatic carbocycles. The van der Waals surface area contributed by atoms with E-state index >= 15 is 0 Å². The zero-order chi connectivity index (χ0) is 16.1. The van der Waals surface area contributed by atoms with E-state index < -0.39 is 0 Å². The molecule has 0 atom stereocenters. The van der Waals surface area contributed by atoms with Gasteiger partial charge in [0.2, 0.25) is 0 Å². The third kappa shape index (κ3) is 3.55. The molecule has 23 heavy (non-hydrogen) atoms. The Hall–Kier alpha value is -3.14. The number of hydrogen-bond acceptors (Lipinski definition) is 2. The molecular formula is C19H16N2O2. The molecule has 0 aromatic heterocycles. The summed E-state index contributed by atoms with van der Waals surface area (Å²) in [4.78, 5) is 24.5. The Morgan fingerprint density at radius 2 is 1.39 bits per heavy atom. The van der Waals surface area contributed by atoms with Crippen LogP contribution in [-0.4, -0.2) is 11.8 Å². The average Bonchev–Trinajstić information content (AvgIpc) is 3.12. The molecule has 0 aliphatic heterocycles. The number of hydrogen-bond donors (Lipinski definition) is 2. The van der Waals surface area contributed by atoms with Crippen molar-refractivity contribution in [1.29, 1.82) is 0 Å². The van der Waals surface area contributed by atoms with Crippen LogP contribution in [0.15, 0.2) is 78.4 Å². The molecule has 0 spiro atoms. The van der Waals surface area contributed by atoms with Gasteiger partial charge in [0, 0.05) is 11.1 Å². The third-order valence-corrected chi connectivity index (χ3v) is 3.52. The Morgan fingerprint density at radius 3 is 2.00 bits per heavy atom. The number of benzene rings is 2. The summed E-state index contributed by atoms with van der Waals surface area (Å²) in [6.07, 6.45) is 6.21. The first kappa shape index (κ1) is 14.8. The van der Waals surface area contributed by atoms with E-state index in [9.17, 15) is 9.59 Å². The summed E-state index contributed by atoms with van der Waals surface area (Å²) in [7, 11) is 0. The molecule has 2 N–H and O–H groups in total. The van der Waals surface area contributed by atoms with Crippen LogP contribution >= 0.6 is 0 Å². The molecule has 2 aromatic rings. The Balaban J connectivity index is 1.75. The van der Waals surface area contributed by atoms with E-state index in [-0.39, 0.29) is 11.8 Å². The highest BCUT2D eigenvalue weighted by atomic mass is 16.2. The Morgan fingerprint density at radius 1 is 0.783 bits per heavy atom. The first-order valence-corrected chi connectivity index (χ1v) is 7.36. The maximum atomic E-state index is 12.3. The van der Waals surface area contributed by atoms with Crippen molar-refractivity contribution in [2.75, 3.05) is 10.6 Å². The van der Waals surface area contributed by atoms with Crippen LogP contribution in [0.2, 0.25) is 0 Å². The smallest absolute Gasteiger partial charge is 0.255 e. The second-order valence-corrected chi connectivity index (χ2v) is 5.14. The first-order valence-electron chi connectivity index (χ1n) is 7.36. The van der Waals surface area contributed by atoms with Gasteiger partial charge >= 0.3 is 0 Å². The quantitative estimate of drug-likeness (QED) is 0.903. The van der Waals surface area contributed by atoms with E-state index in [2.05, 4.69) is 10.6 Å². The maximum absolute atomic E-state index is 12.3. The molecule has 0 radical (unpaired) electrons. The normalized spacial score (nSPS) is 12.6. The largest absolute Gasteiger partial charge is 0.320 e. The maximum Gasteiger partial charge on any atom is 0.255 e. The number of nitrogens with one attached hydrogen (secondary N) is 2. The summed E-state index contributed by atoms with van der Waals surface area (Å²) in [5.74, 6) is -0.370.